The predicted molar refractivity (Wildman–Crippen MR) is 95.6 cm³/mol. The third-order valence-electron chi connectivity index (χ3n) is 3.02. The van der Waals surface area contributed by atoms with Crippen LogP contribution in [0.5, 0.6) is 0 Å². The smallest absolute Gasteiger partial charge is 0.122 e. The lowest BCUT2D eigenvalue weighted by molar-refractivity contribution is 0.299. The van der Waals surface area contributed by atoms with Crippen LogP contribution in [0.15, 0.2) is 36.9 Å². The van der Waals surface area contributed by atoms with Gasteiger partial charge in [-0.05, 0) is 24.5 Å². The molecular weight excluding hydrogens is 278 g/mol. The van der Waals surface area contributed by atoms with Crippen molar-refractivity contribution in [2.75, 3.05) is 12.3 Å². The van der Waals surface area contributed by atoms with Crippen LogP contribution in [-0.2, 0) is 11.2 Å². The molecule has 0 aliphatic carbocycles. The number of benzene rings is 1. The van der Waals surface area contributed by atoms with Gasteiger partial charge >= 0.3 is 0 Å². The summed E-state index contributed by atoms with van der Waals surface area (Å²) in [6.07, 6.45) is 0.916. The second-order valence-corrected chi connectivity index (χ2v) is 5.28. The van der Waals surface area contributed by atoms with Gasteiger partial charge in [0.25, 0.3) is 0 Å². The Morgan fingerprint density at radius 2 is 1.81 bits per heavy atom. The fourth-order valence-electron chi connectivity index (χ4n) is 2.20. The molecule has 0 spiro atoms. The van der Waals surface area contributed by atoms with Gasteiger partial charge in [0.1, 0.15) is 5.76 Å². The fourth-order valence-corrected chi connectivity index (χ4v) is 3.38. The summed E-state index contributed by atoms with van der Waals surface area (Å²) in [6.45, 7) is 12.7. The van der Waals surface area contributed by atoms with Crippen molar-refractivity contribution in [1.29, 1.82) is 0 Å². The van der Waals surface area contributed by atoms with Crippen LogP contribution >= 0.6 is 11.3 Å². The highest BCUT2D eigenvalue weighted by molar-refractivity contribution is 7.19. The number of nitrogen functional groups attached to an aromatic ring is 1. The van der Waals surface area contributed by atoms with E-state index in [0.717, 1.165) is 17.0 Å². The first-order valence-electron chi connectivity index (χ1n) is 7.47. The molecule has 0 saturated carbocycles. The van der Waals surface area contributed by atoms with E-state index < -0.39 is 0 Å². The molecule has 0 fully saturated rings. The summed E-state index contributed by atoms with van der Waals surface area (Å²) in [6, 6.07) is 10.3. The molecule has 1 aromatic heterocycles. The van der Waals surface area contributed by atoms with Gasteiger partial charge in [0, 0.05) is 4.88 Å². The maximum atomic E-state index is 6.16. The van der Waals surface area contributed by atoms with Gasteiger partial charge in [-0.2, -0.15) is 0 Å². The van der Waals surface area contributed by atoms with Gasteiger partial charge in [-0.25, -0.2) is 0 Å². The van der Waals surface area contributed by atoms with E-state index in [2.05, 4.69) is 25.6 Å². The zero-order chi connectivity index (χ0) is 15.8. The standard InChI is InChI=1S/C16H19NOS.C2H6/c1-4-13-14(11(3)18-5-2)16(17)19-15(13)12-9-7-6-8-10-12;1-2/h6-10H,3-5,17H2,1-2H3;1-2H3. The molecule has 21 heavy (non-hydrogen) atoms. The van der Waals surface area contributed by atoms with E-state index in [1.807, 2.05) is 39.0 Å². The number of thiophene rings is 1. The first-order chi connectivity index (χ1) is 10.2. The average Bonchev–Trinajstić information content (AvgIpc) is 2.87. The van der Waals surface area contributed by atoms with E-state index in [0.29, 0.717) is 12.4 Å². The van der Waals surface area contributed by atoms with Crippen LogP contribution in [0.4, 0.5) is 5.00 Å². The van der Waals surface area contributed by atoms with Crippen molar-refractivity contribution in [1.82, 2.24) is 0 Å². The van der Waals surface area contributed by atoms with E-state index >= 15 is 0 Å². The van der Waals surface area contributed by atoms with Crippen LogP contribution in [0.1, 0.15) is 38.8 Å². The number of rotatable bonds is 5. The van der Waals surface area contributed by atoms with Gasteiger partial charge in [0.15, 0.2) is 0 Å². The highest BCUT2D eigenvalue weighted by atomic mass is 32.1. The summed E-state index contributed by atoms with van der Waals surface area (Å²) in [5.74, 6) is 0.676. The molecule has 1 aromatic carbocycles. The van der Waals surface area contributed by atoms with E-state index in [9.17, 15) is 0 Å². The minimum Gasteiger partial charge on any atom is -0.494 e. The van der Waals surface area contributed by atoms with Crippen molar-refractivity contribution >= 4 is 22.1 Å². The quantitative estimate of drug-likeness (QED) is 0.730. The molecule has 0 atom stereocenters. The number of hydrogen-bond acceptors (Lipinski definition) is 3. The Balaban J connectivity index is 0.00000106. The van der Waals surface area contributed by atoms with Gasteiger partial charge in [0.2, 0.25) is 0 Å². The Bertz CT molecular complexity index is 572. The normalized spacial score (nSPS) is 9.71. The number of ether oxygens (including phenoxy) is 1. The third kappa shape index (κ3) is 3.88. The monoisotopic (exact) mass is 303 g/mol. The number of anilines is 1. The van der Waals surface area contributed by atoms with Gasteiger partial charge in [-0.3, -0.25) is 0 Å². The second kappa shape index (κ2) is 8.53. The molecule has 0 saturated heterocycles. The molecule has 1 heterocycles. The van der Waals surface area contributed by atoms with Crippen molar-refractivity contribution in [3.63, 3.8) is 0 Å². The van der Waals surface area contributed by atoms with Gasteiger partial charge in [0.05, 0.1) is 17.2 Å². The maximum Gasteiger partial charge on any atom is 0.122 e. The summed E-state index contributed by atoms with van der Waals surface area (Å²) >= 11 is 1.61. The molecule has 0 aliphatic rings. The SMILES string of the molecule is C=C(OCC)c1c(N)sc(-c2ccccc2)c1CC.CC. The fraction of sp³-hybridized carbons (Fsp3) is 0.333. The zero-order valence-corrected chi connectivity index (χ0v) is 14.2. The number of hydrogen-bond donors (Lipinski definition) is 1. The highest BCUT2D eigenvalue weighted by Gasteiger charge is 2.19. The largest absolute Gasteiger partial charge is 0.494 e. The minimum atomic E-state index is 0.609. The molecule has 0 amide bonds. The Labute approximate surface area is 132 Å². The molecule has 0 unspecified atom stereocenters. The van der Waals surface area contributed by atoms with E-state index in [4.69, 9.17) is 10.5 Å². The van der Waals surface area contributed by atoms with E-state index in [1.54, 1.807) is 11.3 Å². The van der Waals surface area contributed by atoms with Crippen molar-refractivity contribution in [2.24, 2.45) is 0 Å². The topological polar surface area (TPSA) is 35.2 Å². The third-order valence-corrected chi connectivity index (χ3v) is 4.13. The molecule has 3 heteroatoms. The Kier molecular flexibility index (Phi) is 7.03. The van der Waals surface area contributed by atoms with Gasteiger partial charge in [-0.1, -0.05) is 57.7 Å². The Morgan fingerprint density at radius 1 is 1.19 bits per heavy atom. The predicted octanol–water partition coefficient (Wildman–Crippen LogP) is 5.59. The molecule has 0 radical (unpaired) electrons. The molecule has 0 aliphatic heterocycles. The van der Waals surface area contributed by atoms with Crippen LogP contribution in [0.25, 0.3) is 16.2 Å². The molecule has 2 aromatic rings. The van der Waals surface area contributed by atoms with E-state index in [1.165, 1.54) is 16.0 Å². The van der Waals surface area contributed by atoms with Crippen molar-refractivity contribution in [3.8, 4) is 10.4 Å². The lowest BCUT2D eigenvalue weighted by Crippen LogP contribution is -1.96. The lowest BCUT2D eigenvalue weighted by atomic mass is 10.0. The highest BCUT2D eigenvalue weighted by Crippen LogP contribution is 2.41. The van der Waals surface area contributed by atoms with Crippen molar-refractivity contribution in [2.45, 2.75) is 34.1 Å². The molecule has 2 rings (SSSR count). The molecule has 2 N–H and O–H groups in total. The zero-order valence-electron chi connectivity index (χ0n) is 13.4. The van der Waals surface area contributed by atoms with Gasteiger partial charge < -0.3 is 10.5 Å². The second-order valence-electron chi connectivity index (χ2n) is 4.22. The lowest BCUT2D eigenvalue weighted by Gasteiger charge is -2.09. The van der Waals surface area contributed by atoms with Crippen LogP contribution < -0.4 is 5.73 Å². The summed E-state index contributed by atoms with van der Waals surface area (Å²) < 4.78 is 5.53. The average molecular weight is 303 g/mol. The van der Waals surface area contributed by atoms with Crippen LogP contribution in [0, 0.1) is 0 Å². The maximum absolute atomic E-state index is 6.16. The number of nitrogens with two attached hydrogens (primary N) is 1. The summed E-state index contributed by atoms with van der Waals surface area (Å²) in [5, 5.41) is 0.786. The summed E-state index contributed by atoms with van der Waals surface area (Å²) in [5.41, 5.74) is 9.57. The van der Waals surface area contributed by atoms with Crippen LogP contribution in [0.2, 0.25) is 0 Å². The first-order valence-corrected chi connectivity index (χ1v) is 8.29. The summed E-state index contributed by atoms with van der Waals surface area (Å²) in [7, 11) is 0. The first kappa shape index (κ1) is 17.3. The molecule has 114 valence electrons. The molecular formula is C18H25NOS. The van der Waals surface area contributed by atoms with Crippen LogP contribution in [-0.4, -0.2) is 6.61 Å². The van der Waals surface area contributed by atoms with E-state index in [-0.39, 0.29) is 0 Å². The Hall–Kier alpha value is -1.74. The van der Waals surface area contributed by atoms with Gasteiger partial charge in [-0.15, -0.1) is 11.3 Å². The Morgan fingerprint density at radius 3 is 2.33 bits per heavy atom. The summed E-state index contributed by atoms with van der Waals surface area (Å²) in [4.78, 5) is 1.22. The minimum absolute atomic E-state index is 0.609. The van der Waals surface area contributed by atoms with Crippen LogP contribution in [0.3, 0.4) is 0 Å². The van der Waals surface area contributed by atoms with Crippen molar-refractivity contribution < 1.29 is 4.74 Å². The van der Waals surface area contributed by atoms with Crippen molar-refractivity contribution in [3.05, 3.63) is 48.0 Å². The molecule has 0 bridgehead atoms. The molecule has 2 nitrogen and oxygen atoms in total.